The molecule has 2 saturated heterocycles. The van der Waals surface area contributed by atoms with Crippen LogP contribution in [0.25, 0.3) is 11.1 Å². The molecule has 0 spiro atoms. The lowest BCUT2D eigenvalue weighted by Crippen LogP contribution is -2.44. The van der Waals surface area contributed by atoms with Gasteiger partial charge in [-0.25, -0.2) is 19.2 Å². The van der Waals surface area contributed by atoms with E-state index in [0.29, 0.717) is 61.4 Å². The molecule has 0 aromatic heterocycles. The van der Waals surface area contributed by atoms with Crippen molar-refractivity contribution >= 4 is 35.7 Å². The summed E-state index contributed by atoms with van der Waals surface area (Å²) >= 11 is 0. The summed E-state index contributed by atoms with van der Waals surface area (Å²) < 4.78 is 34.4. The van der Waals surface area contributed by atoms with Crippen LogP contribution in [0, 0.1) is 0 Å². The topological polar surface area (TPSA) is 164 Å². The zero-order valence-electron chi connectivity index (χ0n) is 33.8. The minimum absolute atomic E-state index is 0.172. The Hall–Kier alpha value is -5.92. The van der Waals surface area contributed by atoms with Gasteiger partial charge in [-0.15, -0.1) is 0 Å². The van der Waals surface area contributed by atoms with E-state index in [1.807, 2.05) is 24.3 Å². The highest BCUT2D eigenvalue weighted by atomic mass is 16.6. The number of carbonyl (C=O) groups excluding carboxylic acids is 6. The average molecular weight is 799 g/mol. The highest BCUT2D eigenvalue weighted by molar-refractivity contribution is 6.01. The first kappa shape index (κ1) is 41.7. The minimum Gasteiger partial charge on any atom is -0.488 e. The number of rotatable bonds is 8. The molecular formula is C44H50N2O12. The van der Waals surface area contributed by atoms with E-state index in [-0.39, 0.29) is 24.3 Å². The second-order valence-corrected chi connectivity index (χ2v) is 16.5. The molecule has 0 unspecified atom stereocenters. The van der Waals surface area contributed by atoms with Gasteiger partial charge < -0.3 is 28.4 Å². The predicted octanol–water partition coefficient (Wildman–Crippen LogP) is 7.08. The molecule has 3 aliphatic rings. The van der Waals surface area contributed by atoms with E-state index in [1.165, 1.54) is 9.80 Å². The highest BCUT2D eigenvalue weighted by Crippen LogP contribution is 2.40. The van der Waals surface area contributed by atoms with Gasteiger partial charge in [0.1, 0.15) is 48.0 Å². The highest BCUT2D eigenvalue weighted by Gasteiger charge is 2.39. The van der Waals surface area contributed by atoms with Crippen molar-refractivity contribution in [3.8, 4) is 22.6 Å². The number of fused-ring (bicyclic) bond motifs is 4. The predicted molar refractivity (Wildman–Crippen MR) is 209 cm³/mol. The maximum Gasteiger partial charge on any atom is 0.411 e. The number of ketones is 2. The van der Waals surface area contributed by atoms with Crippen molar-refractivity contribution in [3.63, 3.8) is 0 Å². The maximum absolute atomic E-state index is 13.4. The number of carbonyl (C=O) groups is 6. The number of hydrogen-bond donors (Lipinski definition) is 0. The lowest BCUT2D eigenvalue weighted by molar-refractivity contribution is -0.148. The number of esters is 2. The van der Waals surface area contributed by atoms with Crippen LogP contribution < -0.4 is 9.47 Å². The molecule has 58 heavy (non-hydrogen) atoms. The summed E-state index contributed by atoms with van der Waals surface area (Å²) in [4.78, 5) is 81.1. The minimum atomic E-state index is -0.850. The van der Waals surface area contributed by atoms with Crippen LogP contribution in [0.2, 0.25) is 0 Å². The standard InChI is InChI=1S/C44H50N2O12/c1-43(2,3)57-41(51)45-19-9-13-33(45)39(49)55-25-35(47)27-15-17-31-32-18-16-28(22-38(32)54-24-30-12-8-7-11-29(30)23-53-37(31)21-27)36(48)26-56-40(50)34-14-10-20-46(34)42(52)58-44(4,5)6/h7-8,11-12,15-18,21-22,33-34H,9-10,13-14,19-20,23-26H2,1-6H3/t33-,34-/m0/s1. The molecule has 3 aromatic rings. The zero-order chi connectivity index (χ0) is 41.8. The molecule has 3 heterocycles. The van der Waals surface area contributed by atoms with Crippen molar-refractivity contribution in [1.82, 2.24) is 9.80 Å². The first-order chi connectivity index (χ1) is 27.5. The average Bonchev–Trinajstić information content (AvgIpc) is 3.88. The van der Waals surface area contributed by atoms with E-state index in [9.17, 15) is 28.8 Å². The molecule has 6 rings (SSSR count). The van der Waals surface area contributed by atoms with Gasteiger partial charge in [0, 0.05) is 35.3 Å². The van der Waals surface area contributed by atoms with Crippen LogP contribution in [0.3, 0.4) is 0 Å². The van der Waals surface area contributed by atoms with Crippen LogP contribution in [-0.2, 0) is 41.8 Å². The molecule has 0 saturated carbocycles. The quantitative estimate of drug-likeness (QED) is 0.130. The summed E-state index contributed by atoms with van der Waals surface area (Å²) in [5.74, 6) is -1.61. The monoisotopic (exact) mass is 798 g/mol. The molecule has 14 nitrogen and oxygen atoms in total. The first-order valence-electron chi connectivity index (χ1n) is 19.5. The molecule has 14 heteroatoms. The molecule has 0 bridgehead atoms. The second kappa shape index (κ2) is 17.3. The van der Waals surface area contributed by atoms with Crippen molar-refractivity contribution in [1.29, 1.82) is 0 Å². The Kier molecular flexibility index (Phi) is 12.4. The van der Waals surface area contributed by atoms with Gasteiger partial charge in [-0.2, -0.15) is 0 Å². The zero-order valence-corrected chi connectivity index (χ0v) is 33.8. The first-order valence-corrected chi connectivity index (χ1v) is 19.5. The van der Waals surface area contributed by atoms with Crippen LogP contribution in [0.4, 0.5) is 9.59 Å². The van der Waals surface area contributed by atoms with Gasteiger partial charge in [0.05, 0.1) is 0 Å². The number of hydrogen-bond acceptors (Lipinski definition) is 12. The summed E-state index contributed by atoms with van der Waals surface area (Å²) in [5.41, 5.74) is 1.85. The molecule has 308 valence electrons. The van der Waals surface area contributed by atoms with Crippen LogP contribution in [0.1, 0.15) is 99.1 Å². The van der Waals surface area contributed by atoms with Crippen molar-refractivity contribution in [2.24, 2.45) is 0 Å². The van der Waals surface area contributed by atoms with E-state index in [2.05, 4.69) is 0 Å². The fourth-order valence-electron chi connectivity index (χ4n) is 6.96. The fraction of sp³-hybridized carbons (Fsp3) is 0.455. The number of likely N-dealkylation sites (tertiary alicyclic amines) is 2. The van der Waals surface area contributed by atoms with Crippen LogP contribution in [0.15, 0.2) is 60.7 Å². The third-order valence-corrected chi connectivity index (χ3v) is 9.78. The molecule has 3 aliphatic heterocycles. The number of Topliss-reactive ketones (excluding diaryl/α,β-unsaturated/α-hetero) is 2. The number of nitrogens with zero attached hydrogens (tertiary/aromatic N) is 2. The SMILES string of the molecule is CC(C)(C)OC(=O)N1CCC[C@H]1C(=O)OCC(=O)c1ccc2c(c1)OCc1ccccc1COc1cc(C(=O)COC(=O)[C@@H]3CCCN3C(=O)OC(C)(C)C)ccc1-2. The van der Waals surface area contributed by atoms with Gasteiger partial charge in [-0.1, -0.05) is 36.4 Å². The van der Waals surface area contributed by atoms with Gasteiger partial charge in [0.15, 0.2) is 24.8 Å². The molecule has 2 amide bonds. The number of amides is 2. The lowest BCUT2D eigenvalue weighted by Gasteiger charge is -2.27. The Labute approximate surface area is 337 Å². The van der Waals surface area contributed by atoms with E-state index >= 15 is 0 Å². The third kappa shape index (κ3) is 10.1. The van der Waals surface area contributed by atoms with Crippen molar-refractivity contribution in [3.05, 3.63) is 82.9 Å². The number of benzene rings is 3. The Bertz CT molecular complexity index is 1930. The smallest absolute Gasteiger partial charge is 0.411 e. The number of ether oxygens (including phenoxy) is 6. The summed E-state index contributed by atoms with van der Waals surface area (Å²) in [6.07, 6.45) is 0.779. The van der Waals surface area contributed by atoms with Gasteiger partial charge in [-0.05, 0) is 103 Å². The van der Waals surface area contributed by atoms with Crippen molar-refractivity contribution < 1.29 is 57.2 Å². The van der Waals surface area contributed by atoms with Crippen LogP contribution >= 0.6 is 0 Å². The molecule has 2 atom stereocenters. The molecular weight excluding hydrogens is 748 g/mol. The second-order valence-electron chi connectivity index (χ2n) is 16.5. The van der Waals surface area contributed by atoms with Crippen LogP contribution in [-0.4, -0.2) is 95.1 Å². The maximum atomic E-state index is 13.4. The molecule has 2 fully saturated rings. The van der Waals surface area contributed by atoms with Crippen molar-refractivity contribution in [2.75, 3.05) is 26.3 Å². The summed E-state index contributed by atoms with van der Waals surface area (Å²) in [5, 5.41) is 0. The Morgan fingerprint density at radius 2 is 1.00 bits per heavy atom. The van der Waals surface area contributed by atoms with E-state index in [1.54, 1.807) is 77.9 Å². The Balaban J connectivity index is 1.18. The van der Waals surface area contributed by atoms with Crippen LogP contribution in [0.5, 0.6) is 11.5 Å². The van der Waals surface area contributed by atoms with Gasteiger partial charge in [-0.3, -0.25) is 19.4 Å². The van der Waals surface area contributed by atoms with E-state index < -0.39 is 72.2 Å². The summed E-state index contributed by atoms with van der Waals surface area (Å²) in [6, 6.07) is 15.6. The van der Waals surface area contributed by atoms with Gasteiger partial charge in [0.25, 0.3) is 0 Å². The largest absolute Gasteiger partial charge is 0.488 e. The Morgan fingerprint density at radius 1 is 0.603 bits per heavy atom. The fourth-order valence-corrected chi connectivity index (χ4v) is 6.96. The summed E-state index contributed by atoms with van der Waals surface area (Å²) in [7, 11) is 0. The van der Waals surface area contributed by atoms with E-state index in [4.69, 9.17) is 28.4 Å². The third-order valence-electron chi connectivity index (χ3n) is 9.78. The Morgan fingerprint density at radius 3 is 1.38 bits per heavy atom. The molecule has 0 radical (unpaired) electrons. The molecule has 0 aliphatic carbocycles. The summed E-state index contributed by atoms with van der Waals surface area (Å²) in [6.45, 7) is 10.4. The van der Waals surface area contributed by atoms with Crippen molar-refractivity contribution in [2.45, 2.75) is 104 Å². The molecule has 0 N–H and O–H groups in total. The van der Waals surface area contributed by atoms with E-state index in [0.717, 1.165) is 11.1 Å². The van der Waals surface area contributed by atoms with Gasteiger partial charge in [0.2, 0.25) is 0 Å². The lowest BCUT2D eigenvalue weighted by atomic mass is 9.97. The van der Waals surface area contributed by atoms with Gasteiger partial charge >= 0.3 is 24.1 Å². The normalized spacial score (nSPS) is 17.7. The molecule has 3 aromatic carbocycles.